The second kappa shape index (κ2) is 8.53. The maximum atomic E-state index is 11.1. The number of methoxy groups -OCH3 is 1. The van der Waals surface area contributed by atoms with E-state index < -0.39 is 0 Å². The molecule has 1 N–H and O–H groups in total. The number of nitrogens with one attached hydrogen (secondary N) is 1. The Balaban J connectivity index is 2.21. The average molecular weight is 251 g/mol. The van der Waals surface area contributed by atoms with E-state index in [0.29, 0.717) is 13.2 Å². The summed E-state index contributed by atoms with van der Waals surface area (Å²) in [5.74, 6) is 0.832. The molecule has 0 saturated carbocycles. The molecular weight excluding hydrogens is 230 g/mol. The van der Waals surface area contributed by atoms with Crippen molar-refractivity contribution in [3.8, 4) is 5.75 Å². The molecule has 1 amide bonds. The number of aryl methyl sites for hydroxylation is 1. The zero-order valence-electron chi connectivity index (χ0n) is 11.1. The van der Waals surface area contributed by atoms with Crippen LogP contribution in [0, 0.1) is 0 Å². The van der Waals surface area contributed by atoms with Gasteiger partial charge in [0.25, 0.3) is 0 Å². The quantitative estimate of drug-likeness (QED) is 0.716. The molecule has 0 unspecified atom stereocenters. The standard InChI is InChI=1S/C14H21NO3/c1-3-18-13-8-6-12(7-9-13)5-4-10-15-14(16)11-17-2/h6-9H,3-5,10-11H2,1-2H3,(H,15,16). The van der Waals surface area contributed by atoms with Crippen LogP contribution in [0.25, 0.3) is 0 Å². The van der Waals surface area contributed by atoms with Crippen LogP contribution < -0.4 is 10.1 Å². The minimum absolute atomic E-state index is 0.0656. The van der Waals surface area contributed by atoms with Crippen molar-refractivity contribution in [2.75, 3.05) is 26.9 Å². The summed E-state index contributed by atoms with van der Waals surface area (Å²) in [6, 6.07) is 8.06. The highest BCUT2D eigenvalue weighted by molar-refractivity contribution is 5.77. The number of rotatable bonds is 8. The monoisotopic (exact) mass is 251 g/mol. The fourth-order valence-corrected chi connectivity index (χ4v) is 1.62. The first kappa shape index (κ1) is 14.5. The summed E-state index contributed by atoms with van der Waals surface area (Å²) >= 11 is 0. The van der Waals surface area contributed by atoms with Gasteiger partial charge in [-0.15, -0.1) is 0 Å². The zero-order chi connectivity index (χ0) is 13.2. The van der Waals surface area contributed by atoms with Crippen molar-refractivity contribution in [3.05, 3.63) is 29.8 Å². The Hall–Kier alpha value is -1.55. The molecule has 1 aromatic carbocycles. The molecule has 4 heteroatoms. The molecule has 0 aliphatic rings. The van der Waals surface area contributed by atoms with Gasteiger partial charge in [-0.25, -0.2) is 0 Å². The predicted molar refractivity (Wildman–Crippen MR) is 70.8 cm³/mol. The molecule has 0 atom stereocenters. The Morgan fingerprint density at radius 1 is 1.28 bits per heavy atom. The van der Waals surface area contributed by atoms with Crippen LogP contribution in [0.2, 0.25) is 0 Å². The van der Waals surface area contributed by atoms with Crippen LogP contribution in [0.3, 0.4) is 0 Å². The van der Waals surface area contributed by atoms with E-state index in [1.165, 1.54) is 12.7 Å². The minimum Gasteiger partial charge on any atom is -0.494 e. The maximum absolute atomic E-state index is 11.1. The largest absolute Gasteiger partial charge is 0.494 e. The third-order valence-corrected chi connectivity index (χ3v) is 2.47. The molecule has 0 heterocycles. The van der Waals surface area contributed by atoms with Gasteiger partial charge in [0, 0.05) is 13.7 Å². The number of carbonyl (C=O) groups excluding carboxylic acids is 1. The SMILES string of the molecule is CCOc1ccc(CCCNC(=O)COC)cc1. The van der Waals surface area contributed by atoms with Crippen molar-refractivity contribution in [3.63, 3.8) is 0 Å². The number of amides is 1. The summed E-state index contributed by atoms with van der Waals surface area (Å²) in [6.07, 6.45) is 1.86. The molecule has 18 heavy (non-hydrogen) atoms. The van der Waals surface area contributed by atoms with Gasteiger partial charge in [-0.1, -0.05) is 12.1 Å². The van der Waals surface area contributed by atoms with Crippen LogP contribution in [0.15, 0.2) is 24.3 Å². The Morgan fingerprint density at radius 3 is 2.61 bits per heavy atom. The van der Waals surface area contributed by atoms with Crippen molar-refractivity contribution in [1.29, 1.82) is 0 Å². The van der Waals surface area contributed by atoms with Crippen LogP contribution in [-0.2, 0) is 16.0 Å². The fourth-order valence-electron chi connectivity index (χ4n) is 1.62. The molecule has 100 valence electrons. The smallest absolute Gasteiger partial charge is 0.245 e. The van der Waals surface area contributed by atoms with Crippen molar-refractivity contribution in [2.45, 2.75) is 19.8 Å². The Labute approximate surface area is 108 Å². The van der Waals surface area contributed by atoms with Gasteiger partial charge in [-0.3, -0.25) is 4.79 Å². The van der Waals surface area contributed by atoms with E-state index in [9.17, 15) is 4.79 Å². The van der Waals surface area contributed by atoms with Crippen LogP contribution in [0.4, 0.5) is 0 Å². The van der Waals surface area contributed by atoms with Gasteiger partial charge in [-0.2, -0.15) is 0 Å². The Morgan fingerprint density at radius 2 is 2.00 bits per heavy atom. The second-order valence-corrected chi connectivity index (χ2v) is 3.96. The van der Waals surface area contributed by atoms with E-state index in [-0.39, 0.29) is 12.5 Å². The highest BCUT2D eigenvalue weighted by Gasteiger charge is 1.99. The van der Waals surface area contributed by atoms with Crippen molar-refractivity contribution in [1.82, 2.24) is 5.32 Å². The molecule has 0 bridgehead atoms. The minimum atomic E-state index is -0.0656. The lowest BCUT2D eigenvalue weighted by Gasteiger charge is -2.06. The molecule has 0 fully saturated rings. The molecule has 0 aromatic heterocycles. The first-order chi connectivity index (χ1) is 8.76. The van der Waals surface area contributed by atoms with Gasteiger partial charge >= 0.3 is 0 Å². The molecule has 0 saturated heterocycles. The van der Waals surface area contributed by atoms with E-state index in [1.807, 2.05) is 19.1 Å². The van der Waals surface area contributed by atoms with Crippen molar-refractivity contribution in [2.24, 2.45) is 0 Å². The highest BCUT2D eigenvalue weighted by Crippen LogP contribution is 2.12. The van der Waals surface area contributed by atoms with Gasteiger partial charge < -0.3 is 14.8 Å². The normalized spacial score (nSPS) is 10.1. The molecular formula is C14H21NO3. The third-order valence-electron chi connectivity index (χ3n) is 2.47. The number of carbonyl (C=O) groups is 1. The molecule has 0 aliphatic heterocycles. The summed E-state index contributed by atoms with van der Waals surface area (Å²) in [5.41, 5.74) is 1.25. The number of ether oxygens (including phenoxy) is 2. The van der Waals surface area contributed by atoms with Gasteiger partial charge in [0.1, 0.15) is 12.4 Å². The maximum Gasteiger partial charge on any atom is 0.245 e. The molecule has 1 aromatic rings. The van der Waals surface area contributed by atoms with Crippen LogP contribution >= 0.6 is 0 Å². The number of benzene rings is 1. The van der Waals surface area contributed by atoms with Crippen LogP contribution in [0.1, 0.15) is 18.9 Å². The van der Waals surface area contributed by atoms with E-state index in [2.05, 4.69) is 17.4 Å². The molecule has 0 aliphatic carbocycles. The number of hydrogen-bond donors (Lipinski definition) is 1. The Bertz CT molecular complexity index is 349. The molecule has 0 radical (unpaired) electrons. The topological polar surface area (TPSA) is 47.6 Å². The molecule has 0 spiro atoms. The van der Waals surface area contributed by atoms with E-state index in [1.54, 1.807) is 0 Å². The van der Waals surface area contributed by atoms with Gasteiger partial charge in [0.15, 0.2) is 0 Å². The summed E-state index contributed by atoms with van der Waals surface area (Å²) in [7, 11) is 1.51. The summed E-state index contributed by atoms with van der Waals surface area (Å²) < 4.78 is 10.1. The van der Waals surface area contributed by atoms with Crippen molar-refractivity contribution < 1.29 is 14.3 Å². The first-order valence-electron chi connectivity index (χ1n) is 6.23. The lowest BCUT2D eigenvalue weighted by Crippen LogP contribution is -2.28. The summed E-state index contributed by atoms with van der Waals surface area (Å²) in [4.78, 5) is 11.1. The first-order valence-corrected chi connectivity index (χ1v) is 6.23. The van der Waals surface area contributed by atoms with E-state index >= 15 is 0 Å². The van der Waals surface area contributed by atoms with Gasteiger partial charge in [0.2, 0.25) is 5.91 Å². The fraction of sp³-hybridized carbons (Fsp3) is 0.500. The van der Waals surface area contributed by atoms with Gasteiger partial charge in [-0.05, 0) is 37.5 Å². The molecule has 4 nitrogen and oxygen atoms in total. The third kappa shape index (κ3) is 5.68. The van der Waals surface area contributed by atoms with Crippen LogP contribution in [0.5, 0.6) is 5.75 Å². The number of hydrogen-bond acceptors (Lipinski definition) is 3. The second-order valence-electron chi connectivity index (χ2n) is 3.96. The lowest BCUT2D eigenvalue weighted by atomic mass is 10.1. The zero-order valence-corrected chi connectivity index (χ0v) is 11.1. The van der Waals surface area contributed by atoms with E-state index in [0.717, 1.165) is 18.6 Å². The van der Waals surface area contributed by atoms with Crippen LogP contribution in [-0.4, -0.2) is 32.8 Å². The molecule has 1 rings (SSSR count). The van der Waals surface area contributed by atoms with Crippen molar-refractivity contribution >= 4 is 5.91 Å². The highest BCUT2D eigenvalue weighted by atomic mass is 16.5. The Kier molecular flexibility index (Phi) is 6.87. The van der Waals surface area contributed by atoms with Gasteiger partial charge in [0.05, 0.1) is 6.61 Å². The summed E-state index contributed by atoms with van der Waals surface area (Å²) in [5, 5.41) is 2.80. The average Bonchev–Trinajstić information content (AvgIpc) is 2.37. The summed E-state index contributed by atoms with van der Waals surface area (Å²) in [6.45, 7) is 3.46. The predicted octanol–water partition coefficient (Wildman–Crippen LogP) is 1.78. The van der Waals surface area contributed by atoms with E-state index in [4.69, 9.17) is 9.47 Å². The lowest BCUT2D eigenvalue weighted by molar-refractivity contribution is -0.124.